The molecule has 51 valence electrons. The molecule has 0 aromatic carbocycles. The number of nitrogens with zero attached hydrogens (tertiary/aromatic N) is 1. The van der Waals surface area contributed by atoms with Gasteiger partial charge in [-0.15, -0.1) is 0 Å². The van der Waals surface area contributed by atoms with Gasteiger partial charge in [0.25, 0.3) is 0 Å². The monoisotopic (exact) mass is 126 g/mol. The molecule has 1 saturated heterocycles. The SMILES string of the molecule is CN1CCCC([C]=O)C1. The van der Waals surface area contributed by atoms with Gasteiger partial charge in [0.05, 0.1) is 0 Å². The van der Waals surface area contributed by atoms with Crippen LogP contribution in [0.3, 0.4) is 0 Å². The lowest BCUT2D eigenvalue weighted by atomic mass is 10.0. The minimum atomic E-state index is 0.184. The van der Waals surface area contributed by atoms with E-state index in [1.54, 1.807) is 0 Å². The summed E-state index contributed by atoms with van der Waals surface area (Å²) >= 11 is 0. The highest BCUT2D eigenvalue weighted by molar-refractivity contribution is 5.54. The van der Waals surface area contributed by atoms with Gasteiger partial charge in [0, 0.05) is 12.5 Å². The van der Waals surface area contributed by atoms with Crippen LogP contribution in [0.5, 0.6) is 0 Å². The van der Waals surface area contributed by atoms with Gasteiger partial charge in [-0.05, 0) is 26.4 Å². The second-order valence-electron chi connectivity index (χ2n) is 2.72. The van der Waals surface area contributed by atoms with Gasteiger partial charge in [-0.2, -0.15) is 0 Å². The summed E-state index contributed by atoms with van der Waals surface area (Å²) in [5, 5.41) is 0. The van der Waals surface area contributed by atoms with Crippen molar-refractivity contribution in [3.05, 3.63) is 0 Å². The molecule has 2 heteroatoms. The molecule has 0 aromatic heterocycles. The van der Waals surface area contributed by atoms with E-state index in [0.717, 1.165) is 25.9 Å². The van der Waals surface area contributed by atoms with Crippen molar-refractivity contribution in [2.75, 3.05) is 20.1 Å². The first kappa shape index (κ1) is 6.75. The molecule has 0 bridgehead atoms. The molecule has 1 rings (SSSR count). The zero-order valence-electron chi connectivity index (χ0n) is 5.76. The Morgan fingerprint density at radius 2 is 2.44 bits per heavy atom. The van der Waals surface area contributed by atoms with Gasteiger partial charge >= 0.3 is 0 Å². The van der Waals surface area contributed by atoms with E-state index in [1.807, 2.05) is 13.3 Å². The highest BCUT2D eigenvalue weighted by Crippen LogP contribution is 2.11. The minimum absolute atomic E-state index is 0.184. The summed E-state index contributed by atoms with van der Waals surface area (Å²) in [6.07, 6.45) is 4.23. The first-order valence-corrected chi connectivity index (χ1v) is 3.39. The van der Waals surface area contributed by atoms with Crippen LogP contribution in [-0.2, 0) is 4.79 Å². The first-order chi connectivity index (χ1) is 4.33. The molecular weight excluding hydrogens is 114 g/mol. The lowest BCUT2D eigenvalue weighted by Gasteiger charge is -2.25. The summed E-state index contributed by atoms with van der Waals surface area (Å²) in [4.78, 5) is 12.3. The van der Waals surface area contributed by atoms with Crippen molar-refractivity contribution in [2.45, 2.75) is 12.8 Å². The summed E-state index contributed by atoms with van der Waals surface area (Å²) in [6.45, 7) is 2.04. The number of carbonyl (C=O) groups excluding carboxylic acids is 1. The van der Waals surface area contributed by atoms with Gasteiger partial charge in [0.2, 0.25) is 6.29 Å². The Bertz CT molecular complexity index is 103. The molecule has 0 N–H and O–H groups in total. The third-order valence-electron chi connectivity index (χ3n) is 1.79. The molecule has 1 aliphatic heterocycles. The van der Waals surface area contributed by atoms with E-state index < -0.39 is 0 Å². The molecule has 1 unspecified atom stereocenters. The number of likely N-dealkylation sites (tertiary alicyclic amines) is 1. The van der Waals surface area contributed by atoms with E-state index in [-0.39, 0.29) is 5.92 Å². The third kappa shape index (κ3) is 1.79. The zero-order chi connectivity index (χ0) is 6.69. The summed E-state index contributed by atoms with van der Waals surface area (Å²) in [5.74, 6) is 0.184. The van der Waals surface area contributed by atoms with E-state index in [0.29, 0.717) is 0 Å². The molecular formula is C7H12NO. The Balaban J connectivity index is 2.31. The Labute approximate surface area is 55.8 Å². The topological polar surface area (TPSA) is 20.3 Å². The van der Waals surface area contributed by atoms with Gasteiger partial charge in [0.15, 0.2) is 0 Å². The van der Waals surface area contributed by atoms with E-state index in [2.05, 4.69) is 4.90 Å². The predicted molar refractivity (Wildman–Crippen MR) is 35.9 cm³/mol. The minimum Gasteiger partial charge on any atom is -0.306 e. The molecule has 1 aliphatic rings. The molecule has 1 heterocycles. The molecule has 2 nitrogen and oxygen atoms in total. The number of hydrogen-bond acceptors (Lipinski definition) is 2. The molecule has 0 saturated carbocycles. The highest BCUT2D eigenvalue weighted by Gasteiger charge is 2.15. The molecule has 1 fully saturated rings. The van der Waals surface area contributed by atoms with Crippen molar-refractivity contribution >= 4 is 6.29 Å². The number of rotatable bonds is 1. The predicted octanol–water partition coefficient (Wildman–Crippen LogP) is 0.438. The zero-order valence-corrected chi connectivity index (χ0v) is 5.76. The largest absolute Gasteiger partial charge is 0.306 e. The van der Waals surface area contributed by atoms with Crippen LogP contribution in [0.4, 0.5) is 0 Å². The van der Waals surface area contributed by atoms with Crippen molar-refractivity contribution in [1.82, 2.24) is 4.90 Å². The van der Waals surface area contributed by atoms with Crippen LogP contribution in [0, 0.1) is 5.92 Å². The molecule has 0 amide bonds. The molecule has 1 atom stereocenters. The normalized spacial score (nSPS) is 30.1. The van der Waals surface area contributed by atoms with Crippen molar-refractivity contribution in [3.8, 4) is 0 Å². The molecule has 0 spiro atoms. The standard InChI is InChI=1S/C7H12NO/c1-8-4-2-3-7(5-8)6-9/h7H,2-5H2,1H3. The van der Waals surface area contributed by atoms with Gasteiger partial charge in [-0.1, -0.05) is 0 Å². The van der Waals surface area contributed by atoms with Gasteiger partial charge in [-0.3, -0.25) is 4.79 Å². The fourth-order valence-corrected chi connectivity index (χ4v) is 1.26. The highest BCUT2D eigenvalue weighted by atomic mass is 16.1. The lowest BCUT2D eigenvalue weighted by Crippen LogP contribution is -2.32. The summed E-state index contributed by atoms with van der Waals surface area (Å²) < 4.78 is 0. The van der Waals surface area contributed by atoms with Crippen LogP contribution >= 0.6 is 0 Å². The average molecular weight is 126 g/mol. The number of hydrogen-bond donors (Lipinski definition) is 0. The van der Waals surface area contributed by atoms with Crippen molar-refractivity contribution < 1.29 is 4.79 Å². The fraction of sp³-hybridized carbons (Fsp3) is 0.857. The van der Waals surface area contributed by atoms with Crippen LogP contribution in [0.25, 0.3) is 0 Å². The maximum atomic E-state index is 10.2. The number of piperidine rings is 1. The van der Waals surface area contributed by atoms with E-state index in [4.69, 9.17) is 0 Å². The van der Waals surface area contributed by atoms with Crippen molar-refractivity contribution in [3.63, 3.8) is 0 Å². The maximum absolute atomic E-state index is 10.2. The van der Waals surface area contributed by atoms with E-state index >= 15 is 0 Å². The van der Waals surface area contributed by atoms with Gasteiger partial charge in [-0.25, -0.2) is 0 Å². The fourth-order valence-electron chi connectivity index (χ4n) is 1.26. The molecule has 9 heavy (non-hydrogen) atoms. The van der Waals surface area contributed by atoms with Gasteiger partial charge < -0.3 is 4.90 Å². The van der Waals surface area contributed by atoms with Crippen molar-refractivity contribution in [2.24, 2.45) is 5.92 Å². The van der Waals surface area contributed by atoms with Crippen LogP contribution in [0.1, 0.15) is 12.8 Å². The Morgan fingerprint density at radius 1 is 1.67 bits per heavy atom. The Morgan fingerprint density at radius 3 is 2.89 bits per heavy atom. The van der Waals surface area contributed by atoms with E-state index in [1.165, 1.54) is 0 Å². The second kappa shape index (κ2) is 2.97. The Kier molecular flexibility index (Phi) is 2.22. The molecule has 1 radical (unpaired) electrons. The summed E-state index contributed by atoms with van der Waals surface area (Å²) in [7, 11) is 2.05. The van der Waals surface area contributed by atoms with Crippen LogP contribution in [-0.4, -0.2) is 31.3 Å². The Hall–Kier alpha value is -0.370. The van der Waals surface area contributed by atoms with Gasteiger partial charge in [0.1, 0.15) is 0 Å². The van der Waals surface area contributed by atoms with Crippen LogP contribution in [0.2, 0.25) is 0 Å². The van der Waals surface area contributed by atoms with Crippen molar-refractivity contribution in [1.29, 1.82) is 0 Å². The molecule has 0 aromatic rings. The summed E-state index contributed by atoms with van der Waals surface area (Å²) in [6, 6.07) is 0. The molecule has 0 aliphatic carbocycles. The third-order valence-corrected chi connectivity index (χ3v) is 1.79. The quantitative estimate of drug-likeness (QED) is 0.508. The van der Waals surface area contributed by atoms with Crippen LogP contribution in [0.15, 0.2) is 0 Å². The van der Waals surface area contributed by atoms with E-state index in [9.17, 15) is 4.79 Å². The van der Waals surface area contributed by atoms with Crippen LogP contribution < -0.4 is 0 Å². The smallest absolute Gasteiger partial charge is 0.203 e. The average Bonchev–Trinajstić information content (AvgIpc) is 1.88. The maximum Gasteiger partial charge on any atom is 0.203 e. The first-order valence-electron chi connectivity index (χ1n) is 3.39. The summed E-state index contributed by atoms with van der Waals surface area (Å²) in [5.41, 5.74) is 0. The second-order valence-corrected chi connectivity index (χ2v) is 2.72. The lowest BCUT2D eigenvalue weighted by molar-refractivity contribution is 0.243.